The molecule has 0 aliphatic carbocycles. The second-order valence-electron chi connectivity index (χ2n) is 2.98. The van der Waals surface area contributed by atoms with Crippen LogP contribution < -0.4 is 5.32 Å². The van der Waals surface area contributed by atoms with Gasteiger partial charge in [-0.3, -0.25) is 9.48 Å². The molecule has 1 heterocycles. The maximum absolute atomic E-state index is 10.7. The summed E-state index contributed by atoms with van der Waals surface area (Å²) in [7, 11) is 0. The molecule has 0 aromatic carbocycles. The van der Waals surface area contributed by atoms with Crippen LogP contribution in [0.2, 0.25) is 0 Å². The zero-order valence-corrected chi connectivity index (χ0v) is 8.29. The summed E-state index contributed by atoms with van der Waals surface area (Å²) in [6, 6.07) is 0. The van der Waals surface area contributed by atoms with Crippen molar-refractivity contribution in [1.29, 1.82) is 0 Å². The van der Waals surface area contributed by atoms with Crippen LogP contribution in [0.4, 0.5) is 0 Å². The highest BCUT2D eigenvalue weighted by atomic mass is 16.1. The summed E-state index contributed by atoms with van der Waals surface area (Å²) in [4.78, 5) is 10.7. The fourth-order valence-electron chi connectivity index (χ4n) is 1.20. The van der Waals surface area contributed by atoms with Gasteiger partial charge < -0.3 is 5.32 Å². The fraction of sp³-hybridized carbons (Fsp3) is 0.556. The minimum atomic E-state index is -0.0105. The Morgan fingerprint density at radius 2 is 2.38 bits per heavy atom. The highest BCUT2D eigenvalue weighted by molar-refractivity contribution is 5.72. The maximum atomic E-state index is 10.7. The van der Waals surface area contributed by atoms with Gasteiger partial charge in [-0.2, -0.15) is 5.10 Å². The molecule has 1 amide bonds. The van der Waals surface area contributed by atoms with E-state index >= 15 is 0 Å². The van der Waals surface area contributed by atoms with Crippen LogP contribution in [0, 0.1) is 6.92 Å². The molecule has 72 valence electrons. The molecule has 0 saturated heterocycles. The largest absolute Gasteiger partial charge is 0.352 e. The van der Waals surface area contributed by atoms with E-state index in [9.17, 15) is 4.79 Å². The van der Waals surface area contributed by atoms with Gasteiger partial charge in [0.15, 0.2) is 0 Å². The third kappa shape index (κ3) is 2.31. The molecule has 4 heteroatoms. The van der Waals surface area contributed by atoms with Crippen LogP contribution in [0.15, 0.2) is 6.20 Å². The molecule has 0 aliphatic rings. The first-order valence-electron chi connectivity index (χ1n) is 4.41. The van der Waals surface area contributed by atoms with Crippen molar-refractivity contribution in [2.45, 2.75) is 33.9 Å². The molecule has 0 bridgehead atoms. The molecule has 0 fully saturated rings. The fourth-order valence-corrected chi connectivity index (χ4v) is 1.20. The molecular weight excluding hydrogens is 166 g/mol. The van der Waals surface area contributed by atoms with Gasteiger partial charge in [0.2, 0.25) is 5.91 Å². The summed E-state index contributed by atoms with van der Waals surface area (Å²) < 4.78 is 1.91. The van der Waals surface area contributed by atoms with Crippen LogP contribution >= 0.6 is 0 Å². The van der Waals surface area contributed by atoms with Crippen LogP contribution in [0.5, 0.6) is 0 Å². The molecule has 0 saturated carbocycles. The maximum Gasteiger partial charge on any atom is 0.217 e. The van der Waals surface area contributed by atoms with Crippen molar-refractivity contribution in [3.05, 3.63) is 17.5 Å². The molecule has 0 radical (unpaired) electrons. The van der Waals surface area contributed by atoms with E-state index in [4.69, 9.17) is 0 Å². The number of aryl methyl sites for hydroxylation is 1. The Morgan fingerprint density at radius 3 is 2.85 bits per heavy atom. The third-order valence-electron chi connectivity index (χ3n) is 2.03. The summed E-state index contributed by atoms with van der Waals surface area (Å²) in [5.41, 5.74) is 2.20. The van der Waals surface area contributed by atoms with E-state index in [0.29, 0.717) is 6.54 Å². The average molecular weight is 181 g/mol. The summed E-state index contributed by atoms with van der Waals surface area (Å²) >= 11 is 0. The zero-order chi connectivity index (χ0) is 9.84. The van der Waals surface area contributed by atoms with Crippen LogP contribution in [0.3, 0.4) is 0 Å². The number of hydrogen-bond acceptors (Lipinski definition) is 2. The molecule has 0 spiro atoms. The van der Waals surface area contributed by atoms with Crippen molar-refractivity contribution in [1.82, 2.24) is 15.1 Å². The predicted molar refractivity (Wildman–Crippen MR) is 50.2 cm³/mol. The van der Waals surface area contributed by atoms with E-state index in [0.717, 1.165) is 17.8 Å². The lowest BCUT2D eigenvalue weighted by atomic mass is 10.2. The molecule has 1 aromatic heterocycles. The molecule has 0 aliphatic heterocycles. The van der Waals surface area contributed by atoms with Gasteiger partial charge >= 0.3 is 0 Å². The van der Waals surface area contributed by atoms with Gasteiger partial charge in [-0.15, -0.1) is 0 Å². The van der Waals surface area contributed by atoms with E-state index in [1.165, 1.54) is 6.92 Å². The quantitative estimate of drug-likeness (QED) is 0.751. The van der Waals surface area contributed by atoms with Crippen molar-refractivity contribution >= 4 is 5.91 Å². The summed E-state index contributed by atoms with van der Waals surface area (Å²) in [6.45, 7) is 7.00. The Hall–Kier alpha value is -1.32. The number of carbonyl (C=O) groups excluding carboxylic acids is 1. The van der Waals surface area contributed by atoms with E-state index in [1.807, 2.05) is 18.5 Å². The molecule has 4 nitrogen and oxygen atoms in total. The molecular formula is C9H15N3O. The van der Waals surface area contributed by atoms with Gasteiger partial charge in [0, 0.05) is 31.3 Å². The summed E-state index contributed by atoms with van der Waals surface area (Å²) in [5.74, 6) is -0.0105. The van der Waals surface area contributed by atoms with Crippen LogP contribution in [-0.2, 0) is 17.9 Å². The van der Waals surface area contributed by atoms with Crippen LogP contribution in [0.25, 0.3) is 0 Å². The van der Waals surface area contributed by atoms with E-state index in [-0.39, 0.29) is 5.91 Å². The highest BCUT2D eigenvalue weighted by Gasteiger charge is 2.04. The topological polar surface area (TPSA) is 46.9 Å². The minimum Gasteiger partial charge on any atom is -0.352 e. The lowest BCUT2D eigenvalue weighted by Crippen LogP contribution is -2.19. The van der Waals surface area contributed by atoms with Gasteiger partial charge in [-0.25, -0.2) is 0 Å². The highest BCUT2D eigenvalue weighted by Crippen LogP contribution is 2.05. The molecule has 0 unspecified atom stereocenters. The van der Waals surface area contributed by atoms with Crippen molar-refractivity contribution in [2.24, 2.45) is 0 Å². The lowest BCUT2D eigenvalue weighted by molar-refractivity contribution is -0.119. The Kier molecular flexibility index (Phi) is 3.06. The Labute approximate surface area is 77.9 Å². The second kappa shape index (κ2) is 4.07. The van der Waals surface area contributed by atoms with Crippen molar-refractivity contribution in [3.8, 4) is 0 Å². The Morgan fingerprint density at radius 1 is 1.69 bits per heavy atom. The van der Waals surface area contributed by atoms with E-state index in [1.54, 1.807) is 6.20 Å². The van der Waals surface area contributed by atoms with Crippen molar-refractivity contribution < 1.29 is 4.79 Å². The minimum absolute atomic E-state index is 0.0105. The lowest BCUT2D eigenvalue weighted by Gasteiger charge is -2.02. The van der Waals surface area contributed by atoms with Crippen LogP contribution in [-0.4, -0.2) is 15.7 Å². The number of carbonyl (C=O) groups is 1. The standard InChI is InChI=1S/C9H15N3O/c1-4-12-7(2)9(6-11-12)5-10-8(3)13/h6H,4-5H2,1-3H3,(H,10,13). The number of nitrogens with zero attached hydrogens (tertiary/aromatic N) is 2. The van der Waals surface area contributed by atoms with Gasteiger partial charge in [-0.1, -0.05) is 0 Å². The summed E-state index contributed by atoms with van der Waals surface area (Å²) in [6.07, 6.45) is 1.80. The second-order valence-corrected chi connectivity index (χ2v) is 2.98. The SMILES string of the molecule is CCn1ncc(CNC(C)=O)c1C. The van der Waals surface area contributed by atoms with Crippen molar-refractivity contribution in [3.63, 3.8) is 0 Å². The van der Waals surface area contributed by atoms with Gasteiger partial charge in [0.05, 0.1) is 6.20 Å². The first kappa shape index (κ1) is 9.77. The van der Waals surface area contributed by atoms with Crippen molar-refractivity contribution in [2.75, 3.05) is 0 Å². The third-order valence-corrected chi connectivity index (χ3v) is 2.03. The zero-order valence-electron chi connectivity index (χ0n) is 8.29. The first-order chi connectivity index (χ1) is 6.15. The smallest absolute Gasteiger partial charge is 0.217 e. The van der Waals surface area contributed by atoms with E-state index in [2.05, 4.69) is 10.4 Å². The number of amides is 1. The number of nitrogens with one attached hydrogen (secondary N) is 1. The molecule has 1 N–H and O–H groups in total. The normalized spacial score (nSPS) is 10.1. The van der Waals surface area contributed by atoms with Gasteiger partial charge in [0.1, 0.15) is 0 Å². The Bertz CT molecular complexity index is 304. The first-order valence-corrected chi connectivity index (χ1v) is 4.41. The van der Waals surface area contributed by atoms with Gasteiger partial charge in [0.25, 0.3) is 0 Å². The monoisotopic (exact) mass is 181 g/mol. The number of hydrogen-bond donors (Lipinski definition) is 1. The molecule has 1 aromatic rings. The number of aromatic nitrogens is 2. The molecule has 0 atom stereocenters. The van der Waals surface area contributed by atoms with E-state index < -0.39 is 0 Å². The van der Waals surface area contributed by atoms with Crippen LogP contribution in [0.1, 0.15) is 25.1 Å². The number of rotatable bonds is 3. The Balaban J connectivity index is 2.67. The molecule has 13 heavy (non-hydrogen) atoms. The van der Waals surface area contributed by atoms with Gasteiger partial charge in [-0.05, 0) is 13.8 Å². The predicted octanol–water partition coefficient (Wildman–Crippen LogP) is 0.848. The summed E-state index contributed by atoms with van der Waals surface area (Å²) in [5, 5.41) is 6.93. The average Bonchev–Trinajstić information content (AvgIpc) is 2.43. The molecule has 1 rings (SSSR count).